The van der Waals surface area contributed by atoms with Gasteiger partial charge in [-0.25, -0.2) is 4.39 Å². The lowest BCUT2D eigenvalue weighted by Crippen LogP contribution is -1.88. The van der Waals surface area contributed by atoms with Gasteiger partial charge in [0.2, 0.25) is 0 Å². The van der Waals surface area contributed by atoms with Crippen LogP contribution in [0, 0.1) is 5.82 Å². The van der Waals surface area contributed by atoms with E-state index in [4.69, 9.17) is 5.73 Å². The minimum Gasteiger partial charge on any atom is -0.399 e. The molecule has 0 saturated carbocycles. The molecule has 0 aromatic heterocycles. The number of hydrogen-bond acceptors (Lipinski definition) is 2. The van der Waals surface area contributed by atoms with Crippen molar-refractivity contribution < 1.29 is 4.39 Å². The Morgan fingerprint density at radius 3 is 2.65 bits per heavy atom. The third kappa shape index (κ3) is 3.23. The average Bonchev–Trinajstić information content (AvgIpc) is 2.30. The fraction of sp³-hybridized carbons (Fsp3) is 0.0769. The van der Waals surface area contributed by atoms with Crippen LogP contribution in [0.1, 0.15) is 5.56 Å². The van der Waals surface area contributed by atoms with Gasteiger partial charge in [0.1, 0.15) is 5.82 Å². The molecule has 2 aromatic carbocycles. The molecule has 2 aromatic rings. The van der Waals surface area contributed by atoms with E-state index < -0.39 is 0 Å². The highest BCUT2D eigenvalue weighted by Crippen LogP contribution is 2.31. The number of halogens is 2. The first-order valence-electron chi connectivity index (χ1n) is 5.08. The molecule has 0 radical (unpaired) electrons. The summed E-state index contributed by atoms with van der Waals surface area (Å²) in [6.07, 6.45) is 0. The summed E-state index contributed by atoms with van der Waals surface area (Å²) in [6, 6.07) is 12.4. The van der Waals surface area contributed by atoms with Crippen LogP contribution in [-0.4, -0.2) is 0 Å². The average molecular weight is 312 g/mol. The van der Waals surface area contributed by atoms with Crippen molar-refractivity contribution in [2.75, 3.05) is 5.73 Å². The SMILES string of the molecule is Nc1ccc(SCc2ccccc2F)c(Br)c1. The van der Waals surface area contributed by atoms with Gasteiger partial charge in [-0.1, -0.05) is 18.2 Å². The van der Waals surface area contributed by atoms with Crippen molar-refractivity contribution in [3.63, 3.8) is 0 Å². The normalized spacial score (nSPS) is 10.5. The van der Waals surface area contributed by atoms with Crippen LogP contribution in [-0.2, 0) is 5.75 Å². The van der Waals surface area contributed by atoms with Crippen molar-refractivity contribution in [1.82, 2.24) is 0 Å². The van der Waals surface area contributed by atoms with Gasteiger partial charge in [0.05, 0.1) is 0 Å². The maximum atomic E-state index is 13.4. The quantitative estimate of drug-likeness (QED) is 0.669. The van der Waals surface area contributed by atoms with Crippen molar-refractivity contribution in [2.24, 2.45) is 0 Å². The molecule has 0 atom stereocenters. The fourth-order valence-corrected chi connectivity index (χ4v) is 3.05. The summed E-state index contributed by atoms with van der Waals surface area (Å²) in [4.78, 5) is 1.06. The monoisotopic (exact) mass is 311 g/mol. The van der Waals surface area contributed by atoms with E-state index in [1.165, 1.54) is 6.07 Å². The third-order valence-corrected chi connectivity index (χ3v) is 4.34. The highest BCUT2D eigenvalue weighted by molar-refractivity contribution is 9.10. The van der Waals surface area contributed by atoms with Crippen LogP contribution in [0.4, 0.5) is 10.1 Å². The zero-order chi connectivity index (χ0) is 12.3. The summed E-state index contributed by atoms with van der Waals surface area (Å²) in [6.45, 7) is 0. The summed E-state index contributed by atoms with van der Waals surface area (Å²) in [5.41, 5.74) is 7.08. The summed E-state index contributed by atoms with van der Waals surface area (Å²) in [5, 5.41) is 0. The molecule has 0 bridgehead atoms. The maximum Gasteiger partial charge on any atom is 0.127 e. The van der Waals surface area contributed by atoms with Gasteiger partial charge in [-0.2, -0.15) is 0 Å². The Balaban J connectivity index is 2.10. The Kier molecular flexibility index (Phi) is 4.07. The molecule has 0 aliphatic heterocycles. The summed E-state index contributed by atoms with van der Waals surface area (Å²) in [5.74, 6) is 0.446. The first-order chi connectivity index (χ1) is 8.16. The largest absolute Gasteiger partial charge is 0.399 e. The van der Waals surface area contributed by atoms with Crippen molar-refractivity contribution in [3.05, 3.63) is 58.3 Å². The zero-order valence-corrected chi connectivity index (χ0v) is 11.4. The van der Waals surface area contributed by atoms with E-state index in [0.29, 0.717) is 17.0 Å². The predicted octanol–water partition coefficient (Wildman–Crippen LogP) is 4.46. The highest BCUT2D eigenvalue weighted by atomic mass is 79.9. The summed E-state index contributed by atoms with van der Waals surface area (Å²) >= 11 is 5.03. The topological polar surface area (TPSA) is 26.0 Å². The minimum absolute atomic E-state index is 0.161. The van der Waals surface area contributed by atoms with E-state index in [-0.39, 0.29) is 5.82 Å². The highest BCUT2D eigenvalue weighted by Gasteiger charge is 2.04. The molecule has 0 heterocycles. The smallest absolute Gasteiger partial charge is 0.127 e. The van der Waals surface area contributed by atoms with Gasteiger partial charge >= 0.3 is 0 Å². The first-order valence-corrected chi connectivity index (χ1v) is 6.86. The van der Waals surface area contributed by atoms with E-state index in [0.717, 1.165) is 9.37 Å². The number of benzene rings is 2. The second kappa shape index (κ2) is 5.56. The number of rotatable bonds is 3. The summed E-state index contributed by atoms with van der Waals surface area (Å²) in [7, 11) is 0. The van der Waals surface area contributed by atoms with Crippen LogP contribution in [0.25, 0.3) is 0 Å². The standard InChI is InChI=1S/C13H11BrFNS/c14-11-7-10(16)5-6-13(11)17-8-9-3-1-2-4-12(9)15/h1-7H,8,16H2. The van der Waals surface area contributed by atoms with Gasteiger partial charge < -0.3 is 5.73 Å². The van der Waals surface area contributed by atoms with E-state index in [2.05, 4.69) is 15.9 Å². The van der Waals surface area contributed by atoms with Crippen LogP contribution in [0.2, 0.25) is 0 Å². The number of anilines is 1. The molecular weight excluding hydrogens is 301 g/mol. The van der Waals surface area contributed by atoms with Gasteiger partial charge in [-0.15, -0.1) is 11.8 Å². The van der Waals surface area contributed by atoms with E-state index in [1.54, 1.807) is 23.9 Å². The third-order valence-electron chi connectivity index (χ3n) is 2.30. The number of nitrogens with two attached hydrogens (primary N) is 1. The lowest BCUT2D eigenvalue weighted by atomic mass is 10.2. The summed E-state index contributed by atoms with van der Waals surface area (Å²) < 4.78 is 14.4. The molecule has 0 aliphatic rings. The van der Waals surface area contributed by atoms with E-state index in [9.17, 15) is 4.39 Å². The molecule has 0 aliphatic carbocycles. The second-order valence-electron chi connectivity index (χ2n) is 3.57. The lowest BCUT2D eigenvalue weighted by molar-refractivity contribution is 0.617. The van der Waals surface area contributed by atoms with E-state index >= 15 is 0 Å². The molecular formula is C13H11BrFNS. The van der Waals surface area contributed by atoms with Crippen LogP contribution in [0.15, 0.2) is 51.8 Å². The molecule has 2 N–H and O–H groups in total. The van der Waals surface area contributed by atoms with Crippen molar-refractivity contribution in [3.8, 4) is 0 Å². The van der Waals surface area contributed by atoms with Crippen LogP contribution < -0.4 is 5.73 Å². The van der Waals surface area contributed by atoms with Gasteiger partial charge in [0.15, 0.2) is 0 Å². The first kappa shape index (κ1) is 12.5. The number of hydrogen-bond donors (Lipinski definition) is 1. The van der Waals surface area contributed by atoms with Crippen molar-refractivity contribution >= 4 is 33.4 Å². The predicted molar refractivity (Wildman–Crippen MR) is 74.5 cm³/mol. The van der Waals surface area contributed by atoms with Gasteiger partial charge in [0, 0.05) is 20.8 Å². The molecule has 0 spiro atoms. The van der Waals surface area contributed by atoms with Crippen LogP contribution in [0.5, 0.6) is 0 Å². The molecule has 0 saturated heterocycles. The number of thioether (sulfide) groups is 1. The zero-order valence-electron chi connectivity index (χ0n) is 8.99. The van der Waals surface area contributed by atoms with Gasteiger partial charge in [-0.3, -0.25) is 0 Å². The van der Waals surface area contributed by atoms with Crippen molar-refractivity contribution in [2.45, 2.75) is 10.6 Å². The minimum atomic E-state index is -0.161. The molecule has 0 amide bonds. The molecule has 17 heavy (non-hydrogen) atoms. The molecule has 0 unspecified atom stereocenters. The van der Waals surface area contributed by atoms with Crippen LogP contribution >= 0.6 is 27.7 Å². The Morgan fingerprint density at radius 1 is 1.18 bits per heavy atom. The Labute approximate surface area is 112 Å². The van der Waals surface area contributed by atoms with Gasteiger partial charge in [0.25, 0.3) is 0 Å². The molecule has 88 valence electrons. The molecule has 4 heteroatoms. The van der Waals surface area contributed by atoms with Crippen LogP contribution in [0.3, 0.4) is 0 Å². The Morgan fingerprint density at radius 2 is 1.94 bits per heavy atom. The Bertz CT molecular complexity index is 531. The maximum absolute atomic E-state index is 13.4. The molecule has 2 rings (SSSR count). The van der Waals surface area contributed by atoms with E-state index in [1.807, 2.05) is 24.3 Å². The molecule has 1 nitrogen and oxygen atoms in total. The Hall–Kier alpha value is -1.00. The van der Waals surface area contributed by atoms with Gasteiger partial charge in [-0.05, 0) is 45.8 Å². The lowest BCUT2D eigenvalue weighted by Gasteiger charge is -2.06. The second-order valence-corrected chi connectivity index (χ2v) is 5.44. The van der Waals surface area contributed by atoms with Crippen molar-refractivity contribution in [1.29, 1.82) is 0 Å². The molecule has 0 fully saturated rings. The number of nitrogen functional groups attached to an aromatic ring is 1. The fourth-order valence-electron chi connectivity index (χ4n) is 1.41.